The molecule has 4 rings (SSSR count). The molecule has 0 aliphatic heterocycles. The van der Waals surface area contributed by atoms with Crippen LogP contribution in [0.2, 0.25) is 0 Å². The van der Waals surface area contributed by atoms with Crippen molar-refractivity contribution in [2.45, 2.75) is 24.4 Å². The molecule has 0 fully saturated rings. The van der Waals surface area contributed by atoms with Crippen LogP contribution in [0.5, 0.6) is 0 Å². The van der Waals surface area contributed by atoms with E-state index < -0.39 is 0 Å². The molecular weight excluding hydrogens is 386 g/mol. The number of para-hydroxylation sites is 1. The van der Waals surface area contributed by atoms with Gasteiger partial charge in [0.15, 0.2) is 5.16 Å². The van der Waals surface area contributed by atoms with Gasteiger partial charge in [-0.3, -0.25) is 9.36 Å². The Labute approximate surface area is 172 Å². The molecule has 0 saturated heterocycles. The zero-order valence-corrected chi connectivity index (χ0v) is 17.1. The first kappa shape index (κ1) is 19.4. The van der Waals surface area contributed by atoms with Crippen molar-refractivity contribution in [2.75, 3.05) is 13.7 Å². The Bertz CT molecular complexity index is 1190. The minimum atomic E-state index is -0.0583. The smallest absolute Gasteiger partial charge is 0.262 e. The Hall–Kier alpha value is -2.90. The summed E-state index contributed by atoms with van der Waals surface area (Å²) in [5.41, 5.74) is 2.41. The maximum atomic E-state index is 12.9. The highest BCUT2D eigenvalue weighted by Gasteiger charge is 2.15. The summed E-state index contributed by atoms with van der Waals surface area (Å²) in [4.78, 5) is 22.3. The second-order valence-corrected chi connectivity index (χ2v) is 7.48. The molecule has 2 aromatic heterocycles. The number of hydrogen-bond donors (Lipinski definition) is 0. The van der Waals surface area contributed by atoms with E-state index in [1.807, 2.05) is 55.5 Å². The van der Waals surface area contributed by atoms with Crippen LogP contribution in [0.4, 0.5) is 0 Å². The molecule has 29 heavy (non-hydrogen) atoms. The summed E-state index contributed by atoms with van der Waals surface area (Å²) in [6.07, 6.45) is 0. The molecule has 2 heterocycles. The van der Waals surface area contributed by atoms with Gasteiger partial charge in [-0.1, -0.05) is 42.1 Å². The Balaban J connectivity index is 1.64. The Kier molecular flexibility index (Phi) is 5.78. The first-order valence-electron chi connectivity index (χ1n) is 9.30. The average Bonchev–Trinajstić information content (AvgIpc) is 3.13. The van der Waals surface area contributed by atoms with E-state index in [9.17, 15) is 4.79 Å². The molecule has 2 aromatic carbocycles. The highest BCUT2D eigenvalue weighted by atomic mass is 32.2. The van der Waals surface area contributed by atoms with Crippen molar-refractivity contribution in [3.8, 4) is 11.5 Å². The van der Waals surface area contributed by atoms with E-state index in [0.29, 0.717) is 40.9 Å². The third-order valence-corrected chi connectivity index (χ3v) is 5.58. The summed E-state index contributed by atoms with van der Waals surface area (Å²) in [5, 5.41) is 1.26. The van der Waals surface area contributed by atoms with Crippen LogP contribution in [0, 0.1) is 6.92 Å². The molecule has 0 aliphatic rings. The van der Waals surface area contributed by atoms with Gasteiger partial charge in [0.2, 0.25) is 5.89 Å². The predicted molar refractivity (Wildman–Crippen MR) is 114 cm³/mol. The summed E-state index contributed by atoms with van der Waals surface area (Å²) in [5.74, 6) is 1.92. The third kappa shape index (κ3) is 4.11. The van der Waals surface area contributed by atoms with E-state index in [4.69, 9.17) is 14.1 Å². The van der Waals surface area contributed by atoms with Gasteiger partial charge < -0.3 is 9.15 Å². The van der Waals surface area contributed by atoms with Gasteiger partial charge in [0, 0.05) is 18.4 Å². The number of hydrogen-bond acceptors (Lipinski definition) is 6. The molecular formula is C22H21N3O3S. The molecule has 0 aliphatic carbocycles. The maximum Gasteiger partial charge on any atom is 0.262 e. The highest BCUT2D eigenvalue weighted by Crippen LogP contribution is 2.27. The number of aryl methyl sites for hydroxylation is 1. The highest BCUT2D eigenvalue weighted by molar-refractivity contribution is 7.98. The lowest BCUT2D eigenvalue weighted by atomic mass is 10.2. The molecule has 0 atom stereocenters. The van der Waals surface area contributed by atoms with Crippen LogP contribution >= 0.6 is 11.8 Å². The second kappa shape index (κ2) is 8.63. The number of thioether (sulfide) groups is 1. The summed E-state index contributed by atoms with van der Waals surface area (Å²) in [6.45, 7) is 2.79. The topological polar surface area (TPSA) is 70.2 Å². The normalized spacial score (nSPS) is 11.2. The van der Waals surface area contributed by atoms with Gasteiger partial charge in [-0.05, 0) is 31.2 Å². The van der Waals surface area contributed by atoms with Crippen molar-refractivity contribution in [3.05, 3.63) is 76.4 Å². The number of nitrogens with zero attached hydrogens (tertiary/aromatic N) is 3. The zero-order valence-electron chi connectivity index (χ0n) is 16.3. The first-order chi connectivity index (χ1) is 14.2. The minimum Gasteiger partial charge on any atom is -0.441 e. The third-order valence-electron chi connectivity index (χ3n) is 4.60. The van der Waals surface area contributed by atoms with Gasteiger partial charge in [-0.25, -0.2) is 9.97 Å². The van der Waals surface area contributed by atoms with Crippen LogP contribution < -0.4 is 5.56 Å². The standard InChI is InChI=1S/C22H21N3O3S/c1-15-19(23-20(28-15)16-8-4-3-5-9-16)14-29-22-24-18-11-7-6-10-17(18)21(26)25(22)12-13-27-2/h3-11H,12-14H2,1-2H3. The summed E-state index contributed by atoms with van der Waals surface area (Å²) in [7, 11) is 1.62. The van der Waals surface area contributed by atoms with E-state index in [2.05, 4.69) is 4.98 Å². The number of benzene rings is 2. The van der Waals surface area contributed by atoms with Gasteiger partial charge in [-0.2, -0.15) is 0 Å². The van der Waals surface area contributed by atoms with E-state index in [1.165, 1.54) is 11.8 Å². The largest absolute Gasteiger partial charge is 0.441 e. The van der Waals surface area contributed by atoms with E-state index in [0.717, 1.165) is 17.0 Å². The molecule has 0 saturated carbocycles. The van der Waals surface area contributed by atoms with Gasteiger partial charge in [-0.15, -0.1) is 0 Å². The Morgan fingerprint density at radius 1 is 1.07 bits per heavy atom. The van der Waals surface area contributed by atoms with Crippen LogP contribution in [-0.4, -0.2) is 28.3 Å². The van der Waals surface area contributed by atoms with E-state index >= 15 is 0 Å². The van der Waals surface area contributed by atoms with Gasteiger partial charge in [0.1, 0.15) is 5.76 Å². The van der Waals surface area contributed by atoms with Crippen molar-refractivity contribution in [3.63, 3.8) is 0 Å². The molecule has 0 unspecified atom stereocenters. The second-order valence-electron chi connectivity index (χ2n) is 6.54. The summed E-state index contributed by atoms with van der Waals surface area (Å²) < 4.78 is 12.7. The molecule has 0 spiro atoms. The van der Waals surface area contributed by atoms with Crippen molar-refractivity contribution in [1.82, 2.24) is 14.5 Å². The summed E-state index contributed by atoms with van der Waals surface area (Å²) in [6, 6.07) is 17.2. The van der Waals surface area contributed by atoms with E-state index in [1.54, 1.807) is 17.7 Å². The Morgan fingerprint density at radius 3 is 2.62 bits per heavy atom. The monoisotopic (exact) mass is 407 g/mol. The number of rotatable bonds is 7. The van der Waals surface area contributed by atoms with E-state index in [-0.39, 0.29) is 5.56 Å². The number of aromatic nitrogens is 3. The first-order valence-corrected chi connectivity index (χ1v) is 10.3. The lowest BCUT2D eigenvalue weighted by Crippen LogP contribution is -2.25. The fraction of sp³-hybridized carbons (Fsp3) is 0.227. The zero-order chi connectivity index (χ0) is 20.2. The average molecular weight is 407 g/mol. The molecule has 7 heteroatoms. The van der Waals surface area contributed by atoms with Gasteiger partial charge in [0.25, 0.3) is 5.56 Å². The lowest BCUT2D eigenvalue weighted by molar-refractivity contribution is 0.183. The maximum absolute atomic E-state index is 12.9. The SMILES string of the molecule is COCCn1c(SCc2nc(-c3ccccc3)oc2C)nc2ccccc2c1=O. The van der Waals surface area contributed by atoms with Crippen molar-refractivity contribution in [1.29, 1.82) is 0 Å². The van der Waals surface area contributed by atoms with Gasteiger partial charge in [0.05, 0.1) is 29.7 Å². The number of fused-ring (bicyclic) bond motifs is 1. The van der Waals surface area contributed by atoms with Crippen molar-refractivity contribution < 1.29 is 9.15 Å². The van der Waals surface area contributed by atoms with Crippen LogP contribution in [0.15, 0.2) is 69.0 Å². The lowest BCUT2D eigenvalue weighted by Gasteiger charge is -2.12. The van der Waals surface area contributed by atoms with Crippen LogP contribution in [-0.2, 0) is 17.0 Å². The van der Waals surface area contributed by atoms with Crippen LogP contribution in [0.25, 0.3) is 22.4 Å². The number of methoxy groups -OCH3 is 1. The predicted octanol–water partition coefficient (Wildman–Crippen LogP) is 4.30. The van der Waals surface area contributed by atoms with Crippen molar-refractivity contribution >= 4 is 22.7 Å². The number of oxazole rings is 1. The fourth-order valence-corrected chi connectivity index (χ4v) is 4.06. The molecule has 0 bridgehead atoms. The molecule has 0 N–H and O–H groups in total. The van der Waals surface area contributed by atoms with Crippen LogP contribution in [0.1, 0.15) is 11.5 Å². The molecule has 0 amide bonds. The van der Waals surface area contributed by atoms with Crippen LogP contribution in [0.3, 0.4) is 0 Å². The number of ether oxygens (including phenoxy) is 1. The quantitative estimate of drug-likeness (QED) is 0.336. The van der Waals surface area contributed by atoms with Gasteiger partial charge >= 0.3 is 0 Å². The molecule has 0 radical (unpaired) electrons. The Morgan fingerprint density at radius 2 is 1.83 bits per heavy atom. The van der Waals surface area contributed by atoms with Crippen molar-refractivity contribution in [2.24, 2.45) is 0 Å². The molecule has 6 nitrogen and oxygen atoms in total. The minimum absolute atomic E-state index is 0.0583. The molecule has 148 valence electrons. The summed E-state index contributed by atoms with van der Waals surface area (Å²) >= 11 is 1.48. The molecule has 4 aromatic rings. The fourth-order valence-electron chi connectivity index (χ4n) is 3.04.